The highest BCUT2D eigenvalue weighted by atomic mass is 79.9. The van der Waals surface area contributed by atoms with Gasteiger partial charge in [0.15, 0.2) is 5.82 Å². The van der Waals surface area contributed by atoms with Crippen LogP contribution < -0.4 is 5.43 Å². The quantitative estimate of drug-likeness (QED) is 0.884. The average molecular weight is 369 g/mol. The summed E-state index contributed by atoms with van der Waals surface area (Å²) in [7, 11) is 0. The number of rotatable bonds is 4. The standard InChI is InChI=1S/C18H17BrN4/c19-16-10-20-18(21-11-16)15-4-1-3-13(9-15)12-23-8-2-5-17(22-23)14-6-7-14/h1-5,8-11,14,22H,6-7,12H2. The van der Waals surface area contributed by atoms with E-state index in [0.717, 1.165) is 28.3 Å². The molecule has 4 rings (SSSR count). The normalized spacial score (nSPS) is 16.9. The van der Waals surface area contributed by atoms with E-state index >= 15 is 0 Å². The lowest BCUT2D eigenvalue weighted by molar-refractivity contribution is 0.283. The third-order valence-corrected chi connectivity index (χ3v) is 4.40. The molecule has 1 aliphatic heterocycles. The predicted octanol–water partition coefficient (Wildman–Crippen LogP) is 4.03. The Balaban J connectivity index is 1.49. The summed E-state index contributed by atoms with van der Waals surface area (Å²) in [4.78, 5) is 8.74. The summed E-state index contributed by atoms with van der Waals surface area (Å²) < 4.78 is 0.888. The van der Waals surface area contributed by atoms with Crippen LogP contribution >= 0.6 is 15.9 Å². The van der Waals surface area contributed by atoms with Gasteiger partial charge in [-0.3, -0.25) is 5.01 Å². The molecule has 23 heavy (non-hydrogen) atoms. The highest BCUT2D eigenvalue weighted by molar-refractivity contribution is 9.10. The molecule has 0 saturated heterocycles. The molecular weight excluding hydrogens is 352 g/mol. The molecule has 1 N–H and O–H groups in total. The van der Waals surface area contributed by atoms with E-state index in [2.05, 4.69) is 72.9 Å². The Labute approximate surface area is 144 Å². The van der Waals surface area contributed by atoms with Gasteiger partial charge in [-0.15, -0.1) is 0 Å². The van der Waals surface area contributed by atoms with Gasteiger partial charge in [-0.2, -0.15) is 0 Å². The zero-order chi connectivity index (χ0) is 15.6. The van der Waals surface area contributed by atoms with Crippen LogP contribution in [0.15, 0.2) is 65.2 Å². The number of halogens is 1. The van der Waals surface area contributed by atoms with Crippen molar-refractivity contribution in [1.29, 1.82) is 0 Å². The van der Waals surface area contributed by atoms with E-state index in [0.29, 0.717) is 0 Å². The maximum Gasteiger partial charge on any atom is 0.159 e. The van der Waals surface area contributed by atoms with Crippen molar-refractivity contribution in [3.63, 3.8) is 0 Å². The van der Waals surface area contributed by atoms with Gasteiger partial charge in [0.05, 0.1) is 11.0 Å². The third-order valence-electron chi connectivity index (χ3n) is 3.99. The minimum absolute atomic E-state index is 0.727. The van der Waals surface area contributed by atoms with Gasteiger partial charge in [-0.1, -0.05) is 18.2 Å². The molecule has 2 heterocycles. The molecule has 1 saturated carbocycles. The average Bonchev–Trinajstić information content (AvgIpc) is 3.41. The van der Waals surface area contributed by atoms with Crippen molar-refractivity contribution < 1.29 is 0 Å². The molecule has 2 aliphatic rings. The maximum atomic E-state index is 4.37. The molecule has 0 amide bonds. The highest BCUT2D eigenvalue weighted by Gasteiger charge is 2.27. The molecule has 2 aromatic rings. The smallest absolute Gasteiger partial charge is 0.159 e. The molecule has 0 radical (unpaired) electrons. The Bertz CT molecular complexity index is 763. The Morgan fingerprint density at radius 3 is 2.83 bits per heavy atom. The summed E-state index contributed by atoms with van der Waals surface area (Å²) >= 11 is 3.37. The largest absolute Gasteiger partial charge is 0.302 e. The van der Waals surface area contributed by atoms with Crippen LogP contribution in [0.25, 0.3) is 11.4 Å². The zero-order valence-electron chi connectivity index (χ0n) is 12.6. The summed E-state index contributed by atoms with van der Waals surface area (Å²) in [5, 5.41) is 2.13. The molecule has 0 spiro atoms. The molecule has 0 bridgehead atoms. The number of aromatic nitrogens is 2. The lowest BCUT2D eigenvalue weighted by Gasteiger charge is -2.27. The highest BCUT2D eigenvalue weighted by Crippen LogP contribution is 2.36. The van der Waals surface area contributed by atoms with E-state index in [-0.39, 0.29) is 0 Å². The van der Waals surface area contributed by atoms with Crippen LogP contribution in [0.2, 0.25) is 0 Å². The van der Waals surface area contributed by atoms with Crippen molar-refractivity contribution in [3.8, 4) is 11.4 Å². The fourth-order valence-corrected chi connectivity index (χ4v) is 2.88. The van der Waals surface area contributed by atoms with Gasteiger partial charge in [0, 0.05) is 35.8 Å². The van der Waals surface area contributed by atoms with Crippen molar-refractivity contribution in [1.82, 2.24) is 20.4 Å². The van der Waals surface area contributed by atoms with Gasteiger partial charge in [0.1, 0.15) is 0 Å². The Morgan fingerprint density at radius 2 is 2.04 bits per heavy atom. The molecule has 1 aromatic carbocycles. The summed E-state index contributed by atoms with van der Waals surface area (Å²) in [5.74, 6) is 1.47. The van der Waals surface area contributed by atoms with E-state index in [1.54, 1.807) is 12.4 Å². The minimum atomic E-state index is 0.727. The monoisotopic (exact) mass is 368 g/mol. The van der Waals surface area contributed by atoms with Gasteiger partial charge in [-0.05, 0) is 52.6 Å². The van der Waals surface area contributed by atoms with E-state index in [1.807, 2.05) is 6.07 Å². The van der Waals surface area contributed by atoms with Crippen molar-refractivity contribution in [2.45, 2.75) is 19.4 Å². The summed E-state index contributed by atoms with van der Waals surface area (Å²) in [6, 6.07) is 8.38. The SMILES string of the molecule is Brc1cnc(-c2cccc(CN3C=CC=C(C4CC4)N3)c2)nc1. The maximum absolute atomic E-state index is 4.37. The molecule has 1 aromatic heterocycles. The van der Waals surface area contributed by atoms with Crippen molar-refractivity contribution in [3.05, 3.63) is 70.7 Å². The second-order valence-electron chi connectivity index (χ2n) is 5.90. The van der Waals surface area contributed by atoms with Crippen molar-refractivity contribution in [2.24, 2.45) is 5.92 Å². The van der Waals surface area contributed by atoms with Crippen LogP contribution in [0.5, 0.6) is 0 Å². The number of hydrogen-bond acceptors (Lipinski definition) is 4. The van der Waals surface area contributed by atoms with Gasteiger partial charge >= 0.3 is 0 Å². The van der Waals surface area contributed by atoms with E-state index in [9.17, 15) is 0 Å². The molecule has 1 fully saturated rings. The second kappa shape index (κ2) is 6.16. The zero-order valence-corrected chi connectivity index (χ0v) is 14.2. The number of hydrazine groups is 1. The molecule has 5 heteroatoms. The van der Waals surface area contributed by atoms with Crippen LogP contribution in [-0.2, 0) is 6.54 Å². The molecule has 1 aliphatic carbocycles. The van der Waals surface area contributed by atoms with Crippen LogP contribution in [0.4, 0.5) is 0 Å². The molecular formula is C18H17BrN4. The van der Waals surface area contributed by atoms with E-state index in [4.69, 9.17) is 0 Å². The Kier molecular flexibility index (Phi) is 3.87. The number of benzene rings is 1. The van der Waals surface area contributed by atoms with Gasteiger partial charge < -0.3 is 5.43 Å². The first-order valence-corrected chi connectivity index (χ1v) is 8.56. The number of hydrogen-bond donors (Lipinski definition) is 1. The fourth-order valence-electron chi connectivity index (χ4n) is 2.67. The Hall–Kier alpha value is -2.14. The first kappa shape index (κ1) is 14.5. The Morgan fingerprint density at radius 1 is 1.22 bits per heavy atom. The lowest BCUT2D eigenvalue weighted by Crippen LogP contribution is -2.34. The predicted molar refractivity (Wildman–Crippen MR) is 93.8 cm³/mol. The number of nitrogens with one attached hydrogen (secondary N) is 1. The molecule has 116 valence electrons. The third kappa shape index (κ3) is 3.45. The molecule has 0 unspecified atom stereocenters. The molecule has 0 atom stereocenters. The fraction of sp³-hybridized carbons (Fsp3) is 0.222. The summed E-state index contributed by atoms with van der Waals surface area (Å²) in [6.07, 6.45) is 12.5. The van der Waals surface area contributed by atoms with Gasteiger partial charge in [-0.25, -0.2) is 9.97 Å². The summed E-state index contributed by atoms with van der Waals surface area (Å²) in [5.41, 5.74) is 7.10. The number of nitrogens with zero attached hydrogens (tertiary/aromatic N) is 3. The first-order chi connectivity index (χ1) is 11.3. The second-order valence-corrected chi connectivity index (χ2v) is 6.82. The first-order valence-electron chi connectivity index (χ1n) is 7.76. The topological polar surface area (TPSA) is 41.1 Å². The van der Waals surface area contributed by atoms with Crippen molar-refractivity contribution >= 4 is 15.9 Å². The van der Waals surface area contributed by atoms with Gasteiger partial charge in [0.25, 0.3) is 0 Å². The van der Waals surface area contributed by atoms with Crippen LogP contribution in [0.1, 0.15) is 18.4 Å². The molecule has 4 nitrogen and oxygen atoms in total. The lowest BCUT2D eigenvalue weighted by atomic mass is 10.1. The van der Waals surface area contributed by atoms with E-state index in [1.165, 1.54) is 24.1 Å². The summed E-state index contributed by atoms with van der Waals surface area (Å²) in [6.45, 7) is 0.810. The van der Waals surface area contributed by atoms with Crippen LogP contribution in [0, 0.1) is 5.92 Å². The van der Waals surface area contributed by atoms with Gasteiger partial charge in [0.2, 0.25) is 0 Å². The number of allylic oxidation sites excluding steroid dienone is 3. The van der Waals surface area contributed by atoms with Crippen molar-refractivity contribution in [2.75, 3.05) is 0 Å². The minimum Gasteiger partial charge on any atom is -0.302 e. The van der Waals surface area contributed by atoms with Crippen LogP contribution in [-0.4, -0.2) is 15.0 Å². The van der Waals surface area contributed by atoms with E-state index < -0.39 is 0 Å². The van der Waals surface area contributed by atoms with Crippen LogP contribution in [0.3, 0.4) is 0 Å².